The maximum atomic E-state index is 10.9. The van der Waals surface area contributed by atoms with Crippen molar-refractivity contribution in [3.63, 3.8) is 0 Å². The molecule has 12 heavy (non-hydrogen) atoms. The van der Waals surface area contributed by atoms with Crippen LogP contribution in [0.1, 0.15) is 0 Å². The van der Waals surface area contributed by atoms with Crippen LogP contribution < -0.4 is 10.6 Å². The van der Waals surface area contributed by atoms with E-state index < -0.39 is 0 Å². The third-order valence-electron chi connectivity index (χ3n) is 1.58. The predicted molar refractivity (Wildman–Crippen MR) is 44.5 cm³/mol. The number of ether oxygens (including phenoxy) is 1. The lowest BCUT2D eigenvalue weighted by Crippen LogP contribution is -2.49. The fourth-order valence-electron chi connectivity index (χ4n) is 0.774. The predicted octanol–water partition coefficient (Wildman–Crippen LogP) is -1.28. The van der Waals surface area contributed by atoms with Gasteiger partial charge in [0.05, 0.1) is 12.6 Å². The van der Waals surface area contributed by atoms with E-state index in [4.69, 9.17) is 11.2 Å². The van der Waals surface area contributed by atoms with Gasteiger partial charge in [-0.15, -0.1) is 6.42 Å². The van der Waals surface area contributed by atoms with Gasteiger partial charge in [0, 0.05) is 13.1 Å². The molecule has 1 rings (SSSR count). The first kappa shape index (κ1) is 9.04. The van der Waals surface area contributed by atoms with E-state index in [9.17, 15) is 4.79 Å². The first-order valence-corrected chi connectivity index (χ1v) is 3.85. The summed E-state index contributed by atoms with van der Waals surface area (Å²) >= 11 is 0. The lowest BCUT2D eigenvalue weighted by atomic mass is 10.2. The molecule has 4 nitrogen and oxygen atoms in total. The van der Waals surface area contributed by atoms with E-state index in [0.29, 0.717) is 0 Å². The second-order valence-corrected chi connectivity index (χ2v) is 2.57. The van der Waals surface area contributed by atoms with Gasteiger partial charge in [0.1, 0.15) is 6.61 Å². The van der Waals surface area contributed by atoms with Gasteiger partial charge in [-0.1, -0.05) is 5.92 Å². The van der Waals surface area contributed by atoms with Crippen molar-refractivity contribution >= 4 is 5.91 Å². The fourth-order valence-corrected chi connectivity index (χ4v) is 0.774. The minimum absolute atomic E-state index is 0.105. The van der Waals surface area contributed by atoms with Crippen LogP contribution in [0.4, 0.5) is 0 Å². The summed E-state index contributed by atoms with van der Waals surface area (Å²) in [6, 6.07) is 0. The van der Waals surface area contributed by atoms with Crippen molar-refractivity contribution in [3.8, 4) is 12.3 Å². The molecular weight excluding hydrogens is 156 g/mol. The lowest BCUT2D eigenvalue weighted by Gasteiger charge is -2.26. The fraction of sp³-hybridized carbons (Fsp3) is 0.625. The Labute approximate surface area is 71.7 Å². The Morgan fingerprint density at radius 2 is 2.50 bits per heavy atom. The monoisotopic (exact) mass is 168 g/mol. The number of amides is 1. The first-order chi connectivity index (χ1) is 5.83. The van der Waals surface area contributed by atoms with Crippen LogP contribution in [-0.2, 0) is 9.53 Å². The Kier molecular flexibility index (Phi) is 3.58. The standard InChI is InChI=1S/C8H12N2O2/c1-2-3-10-8(11)6-12-7-4-9-5-7/h1,7,9H,3-6H2,(H,10,11). The quantitative estimate of drug-likeness (QED) is 0.514. The van der Waals surface area contributed by atoms with E-state index >= 15 is 0 Å². The summed E-state index contributed by atoms with van der Waals surface area (Å²) < 4.78 is 5.19. The largest absolute Gasteiger partial charge is 0.366 e. The van der Waals surface area contributed by atoms with Crippen molar-refractivity contribution in [2.75, 3.05) is 26.2 Å². The maximum absolute atomic E-state index is 10.9. The molecule has 1 aliphatic rings. The van der Waals surface area contributed by atoms with E-state index in [-0.39, 0.29) is 25.2 Å². The normalized spacial score (nSPS) is 16.2. The molecule has 2 N–H and O–H groups in total. The molecule has 1 fully saturated rings. The molecule has 1 heterocycles. The number of carbonyl (C=O) groups excluding carboxylic acids is 1. The Morgan fingerprint density at radius 1 is 1.75 bits per heavy atom. The van der Waals surface area contributed by atoms with Crippen molar-refractivity contribution in [2.24, 2.45) is 0 Å². The molecule has 0 bridgehead atoms. The maximum Gasteiger partial charge on any atom is 0.246 e. The number of carbonyl (C=O) groups is 1. The van der Waals surface area contributed by atoms with Crippen molar-refractivity contribution in [2.45, 2.75) is 6.10 Å². The molecule has 1 amide bonds. The second kappa shape index (κ2) is 4.75. The van der Waals surface area contributed by atoms with Gasteiger partial charge in [-0.3, -0.25) is 4.79 Å². The molecule has 0 saturated carbocycles. The first-order valence-electron chi connectivity index (χ1n) is 3.85. The van der Waals surface area contributed by atoms with Crippen LogP contribution in [0.15, 0.2) is 0 Å². The van der Waals surface area contributed by atoms with Crippen LogP contribution in [0.25, 0.3) is 0 Å². The highest BCUT2D eigenvalue weighted by atomic mass is 16.5. The smallest absolute Gasteiger partial charge is 0.246 e. The topological polar surface area (TPSA) is 50.4 Å². The Balaban J connectivity index is 1.98. The highest BCUT2D eigenvalue weighted by Crippen LogP contribution is 1.96. The number of rotatable bonds is 4. The number of nitrogens with one attached hydrogen (secondary N) is 2. The van der Waals surface area contributed by atoms with Crippen LogP contribution in [0.5, 0.6) is 0 Å². The summed E-state index contributed by atoms with van der Waals surface area (Å²) in [5.74, 6) is 2.16. The number of hydrogen-bond acceptors (Lipinski definition) is 3. The molecule has 0 aromatic carbocycles. The van der Waals surface area contributed by atoms with Gasteiger partial charge in [0.2, 0.25) is 5.91 Å². The number of terminal acetylenes is 1. The van der Waals surface area contributed by atoms with Gasteiger partial charge in [0.25, 0.3) is 0 Å². The van der Waals surface area contributed by atoms with Crippen LogP contribution in [0.2, 0.25) is 0 Å². The average Bonchev–Trinajstić information content (AvgIpc) is 1.98. The van der Waals surface area contributed by atoms with Crippen molar-refractivity contribution in [3.05, 3.63) is 0 Å². The van der Waals surface area contributed by atoms with Crippen LogP contribution in [0, 0.1) is 12.3 Å². The summed E-state index contributed by atoms with van der Waals surface area (Å²) in [5, 5.41) is 5.55. The van der Waals surface area contributed by atoms with E-state index in [1.54, 1.807) is 0 Å². The second-order valence-electron chi connectivity index (χ2n) is 2.57. The molecule has 1 aliphatic heterocycles. The molecule has 0 spiro atoms. The molecule has 66 valence electrons. The molecule has 0 atom stereocenters. The van der Waals surface area contributed by atoms with Crippen LogP contribution in [-0.4, -0.2) is 38.3 Å². The summed E-state index contributed by atoms with van der Waals surface area (Å²) in [4.78, 5) is 10.9. The van der Waals surface area contributed by atoms with E-state index in [2.05, 4.69) is 16.6 Å². The summed E-state index contributed by atoms with van der Waals surface area (Å²) in [6.45, 7) is 2.05. The molecule has 0 radical (unpaired) electrons. The lowest BCUT2D eigenvalue weighted by molar-refractivity contribution is -0.128. The SMILES string of the molecule is C#CCNC(=O)COC1CNC1. The van der Waals surface area contributed by atoms with E-state index in [1.807, 2.05) is 0 Å². The molecular formula is C8H12N2O2. The van der Waals surface area contributed by atoms with Gasteiger partial charge in [-0.25, -0.2) is 0 Å². The Morgan fingerprint density at radius 3 is 3.00 bits per heavy atom. The van der Waals surface area contributed by atoms with E-state index in [1.165, 1.54) is 0 Å². The van der Waals surface area contributed by atoms with Gasteiger partial charge in [0.15, 0.2) is 0 Å². The molecule has 4 heteroatoms. The molecule has 0 aromatic heterocycles. The third kappa shape index (κ3) is 2.91. The zero-order chi connectivity index (χ0) is 8.81. The minimum atomic E-state index is -0.153. The van der Waals surface area contributed by atoms with Crippen molar-refractivity contribution in [1.82, 2.24) is 10.6 Å². The summed E-state index contributed by atoms with van der Waals surface area (Å²) in [7, 11) is 0. The van der Waals surface area contributed by atoms with Gasteiger partial charge < -0.3 is 15.4 Å². The molecule has 0 aromatic rings. The highest BCUT2D eigenvalue weighted by molar-refractivity contribution is 5.77. The molecule has 0 aliphatic carbocycles. The van der Waals surface area contributed by atoms with E-state index in [0.717, 1.165) is 13.1 Å². The van der Waals surface area contributed by atoms with Crippen molar-refractivity contribution in [1.29, 1.82) is 0 Å². The van der Waals surface area contributed by atoms with Crippen LogP contribution >= 0.6 is 0 Å². The Hall–Kier alpha value is -1.05. The Bertz CT molecular complexity index is 194. The summed E-state index contributed by atoms with van der Waals surface area (Å²) in [5.41, 5.74) is 0. The zero-order valence-corrected chi connectivity index (χ0v) is 6.80. The average molecular weight is 168 g/mol. The molecule has 0 unspecified atom stereocenters. The van der Waals surface area contributed by atoms with Gasteiger partial charge in [-0.2, -0.15) is 0 Å². The minimum Gasteiger partial charge on any atom is -0.366 e. The summed E-state index contributed by atoms with van der Waals surface area (Å²) in [6.07, 6.45) is 5.15. The van der Waals surface area contributed by atoms with Crippen LogP contribution in [0.3, 0.4) is 0 Å². The third-order valence-corrected chi connectivity index (χ3v) is 1.58. The van der Waals surface area contributed by atoms with Crippen molar-refractivity contribution < 1.29 is 9.53 Å². The van der Waals surface area contributed by atoms with Gasteiger partial charge >= 0.3 is 0 Å². The zero-order valence-electron chi connectivity index (χ0n) is 6.80. The van der Waals surface area contributed by atoms with Gasteiger partial charge in [-0.05, 0) is 0 Å². The molecule has 1 saturated heterocycles. The number of hydrogen-bond donors (Lipinski definition) is 2. The highest BCUT2D eigenvalue weighted by Gasteiger charge is 2.17.